The highest BCUT2D eigenvalue weighted by Crippen LogP contribution is 2.16. The van der Waals surface area contributed by atoms with Crippen LogP contribution in [-0.4, -0.2) is 38.3 Å². The molecule has 1 fully saturated rings. The first-order chi connectivity index (χ1) is 7.63. The second-order valence-corrected chi connectivity index (χ2v) is 4.77. The fourth-order valence-corrected chi connectivity index (χ4v) is 2.10. The molecule has 1 aliphatic heterocycles. The normalized spacial score (nSPS) is 27.4. The van der Waals surface area contributed by atoms with Crippen molar-refractivity contribution in [3.05, 3.63) is 0 Å². The van der Waals surface area contributed by atoms with Gasteiger partial charge in [0.15, 0.2) is 0 Å². The van der Waals surface area contributed by atoms with Crippen LogP contribution in [0.4, 0.5) is 0 Å². The highest BCUT2D eigenvalue weighted by atomic mass is 16.5. The molecule has 3 atom stereocenters. The van der Waals surface area contributed by atoms with Gasteiger partial charge in [-0.05, 0) is 39.7 Å². The SMILES string of the molecule is COCCC(C)NC(=O)C1CCNC(C)C1. The van der Waals surface area contributed by atoms with E-state index in [9.17, 15) is 4.79 Å². The molecule has 1 aliphatic rings. The quantitative estimate of drug-likeness (QED) is 0.735. The van der Waals surface area contributed by atoms with E-state index in [0.29, 0.717) is 12.6 Å². The number of methoxy groups -OCH3 is 1. The Morgan fingerprint density at radius 3 is 3.00 bits per heavy atom. The van der Waals surface area contributed by atoms with E-state index in [-0.39, 0.29) is 17.9 Å². The number of carbonyl (C=O) groups is 1. The van der Waals surface area contributed by atoms with Gasteiger partial charge in [-0.15, -0.1) is 0 Å². The van der Waals surface area contributed by atoms with Gasteiger partial charge in [0.1, 0.15) is 0 Å². The first-order valence-electron chi connectivity index (χ1n) is 6.16. The van der Waals surface area contributed by atoms with Crippen LogP contribution in [0.2, 0.25) is 0 Å². The molecular weight excluding hydrogens is 204 g/mol. The van der Waals surface area contributed by atoms with Crippen LogP contribution in [0.3, 0.4) is 0 Å². The van der Waals surface area contributed by atoms with Crippen LogP contribution in [-0.2, 0) is 9.53 Å². The van der Waals surface area contributed by atoms with Crippen molar-refractivity contribution in [3.63, 3.8) is 0 Å². The van der Waals surface area contributed by atoms with E-state index in [1.807, 2.05) is 6.92 Å². The van der Waals surface area contributed by atoms with Crippen LogP contribution in [0.25, 0.3) is 0 Å². The molecule has 0 aromatic heterocycles. The Hall–Kier alpha value is -0.610. The van der Waals surface area contributed by atoms with Crippen molar-refractivity contribution in [2.45, 2.75) is 45.2 Å². The molecule has 0 spiro atoms. The third kappa shape index (κ3) is 4.49. The zero-order valence-corrected chi connectivity index (χ0v) is 10.6. The zero-order valence-electron chi connectivity index (χ0n) is 10.6. The molecule has 3 unspecified atom stereocenters. The molecular formula is C12H24N2O2. The molecule has 2 N–H and O–H groups in total. The van der Waals surface area contributed by atoms with E-state index in [1.54, 1.807) is 7.11 Å². The van der Waals surface area contributed by atoms with Gasteiger partial charge in [0.2, 0.25) is 5.91 Å². The minimum absolute atomic E-state index is 0.182. The van der Waals surface area contributed by atoms with Crippen molar-refractivity contribution in [1.82, 2.24) is 10.6 Å². The number of amides is 1. The third-order valence-electron chi connectivity index (χ3n) is 3.14. The smallest absolute Gasteiger partial charge is 0.223 e. The van der Waals surface area contributed by atoms with Crippen molar-refractivity contribution in [2.75, 3.05) is 20.3 Å². The summed E-state index contributed by atoms with van der Waals surface area (Å²) in [6.45, 7) is 5.81. The number of piperidine rings is 1. The second-order valence-electron chi connectivity index (χ2n) is 4.77. The maximum absolute atomic E-state index is 11.9. The largest absolute Gasteiger partial charge is 0.385 e. The summed E-state index contributed by atoms with van der Waals surface area (Å²) in [5.74, 6) is 0.387. The van der Waals surface area contributed by atoms with Crippen molar-refractivity contribution < 1.29 is 9.53 Å². The van der Waals surface area contributed by atoms with E-state index in [1.165, 1.54) is 0 Å². The Labute approximate surface area is 98.1 Å². The second kappa shape index (κ2) is 6.86. The predicted octanol–water partition coefficient (Wildman–Crippen LogP) is 0.916. The minimum atomic E-state index is 0.182. The molecule has 0 aromatic carbocycles. The lowest BCUT2D eigenvalue weighted by Gasteiger charge is -2.28. The van der Waals surface area contributed by atoms with Crippen molar-refractivity contribution in [3.8, 4) is 0 Å². The molecule has 1 rings (SSSR count). The van der Waals surface area contributed by atoms with E-state index in [0.717, 1.165) is 25.8 Å². The Bertz CT molecular complexity index is 221. The van der Waals surface area contributed by atoms with Crippen LogP contribution in [0.1, 0.15) is 33.1 Å². The minimum Gasteiger partial charge on any atom is -0.385 e. The number of rotatable bonds is 5. The van der Waals surface area contributed by atoms with Crippen LogP contribution >= 0.6 is 0 Å². The topological polar surface area (TPSA) is 50.4 Å². The van der Waals surface area contributed by atoms with Gasteiger partial charge in [0, 0.05) is 31.7 Å². The maximum Gasteiger partial charge on any atom is 0.223 e. The molecule has 16 heavy (non-hydrogen) atoms. The van der Waals surface area contributed by atoms with Gasteiger partial charge in [0.05, 0.1) is 0 Å². The Morgan fingerprint density at radius 1 is 1.62 bits per heavy atom. The van der Waals surface area contributed by atoms with Crippen LogP contribution < -0.4 is 10.6 Å². The summed E-state index contributed by atoms with van der Waals surface area (Å²) in [4.78, 5) is 11.9. The number of carbonyl (C=O) groups excluding carboxylic acids is 1. The lowest BCUT2D eigenvalue weighted by molar-refractivity contribution is -0.126. The average Bonchev–Trinajstić information content (AvgIpc) is 2.26. The van der Waals surface area contributed by atoms with E-state index in [4.69, 9.17) is 4.74 Å². The van der Waals surface area contributed by atoms with Gasteiger partial charge in [0.25, 0.3) is 0 Å². The van der Waals surface area contributed by atoms with Gasteiger partial charge < -0.3 is 15.4 Å². The van der Waals surface area contributed by atoms with E-state index >= 15 is 0 Å². The summed E-state index contributed by atoms with van der Waals surface area (Å²) in [5, 5.41) is 6.41. The number of nitrogens with one attached hydrogen (secondary N) is 2. The molecule has 4 nitrogen and oxygen atoms in total. The van der Waals surface area contributed by atoms with Crippen LogP contribution in [0.15, 0.2) is 0 Å². The average molecular weight is 228 g/mol. The Balaban J connectivity index is 2.27. The molecule has 0 aliphatic carbocycles. The Kier molecular flexibility index (Phi) is 5.77. The third-order valence-corrected chi connectivity index (χ3v) is 3.14. The highest BCUT2D eigenvalue weighted by molar-refractivity contribution is 5.79. The van der Waals surface area contributed by atoms with Crippen molar-refractivity contribution in [1.29, 1.82) is 0 Å². The standard InChI is InChI=1S/C12H24N2O2/c1-9(5-7-16-3)14-12(15)11-4-6-13-10(2)8-11/h9-11,13H,4-8H2,1-3H3,(H,14,15). The maximum atomic E-state index is 11.9. The molecule has 0 radical (unpaired) electrons. The van der Waals surface area contributed by atoms with Gasteiger partial charge >= 0.3 is 0 Å². The number of hydrogen-bond donors (Lipinski definition) is 2. The molecule has 0 saturated carbocycles. The predicted molar refractivity (Wildman–Crippen MR) is 64.3 cm³/mol. The Morgan fingerprint density at radius 2 is 2.38 bits per heavy atom. The fraction of sp³-hybridized carbons (Fsp3) is 0.917. The summed E-state index contributed by atoms with van der Waals surface area (Å²) in [5.41, 5.74) is 0. The van der Waals surface area contributed by atoms with Crippen LogP contribution in [0.5, 0.6) is 0 Å². The highest BCUT2D eigenvalue weighted by Gasteiger charge is 2.25. The monoisotopic (exact) mass is 228 g/mol. The molecule has 94 valence electrons. The molecule has 0 bridgehead atoms. The van der Waals surface area contributed by atoms with Crippen LogP contribution in [0, 0.1) is 5.92 Å². The summed E-state index contributed by atoms with van der Waals surface area (Å²) < 4.78 is 5.00. The molecule has 4 heteroatoms. The summed E-state index contributed by atoms with van der Waals surface area (Å²) >= 11 is 0. The van der Waals surface area contributed by atoms with Crippen molar-refractivity contribution >= 4 is 5.91 Å². The molecule has 1 saturated heterocycles. The van der Waals surface area contributed by atoms with E-state index in [2.05, 4.69) is 17.6 Å². The first kappa shape index (κ1) is 13.5. The van der Waals surface area contributed by atoms with Gasteiger partial charge in [-0.1, -0.05) is 0 Å². The lowest BCUT2D eigenvalue weighted by Crippen LogP contribution is -2.44. The number of hydrogen-bond acceptors (Lipinski definition) is 3. The van der Waals surface area contributed by atoms with Gasteiger partial charge in [-0.3, -0.25) is 4.79 Å². The molecule has 0 aromatic rings. The van der Waals surface area contributed by atoms with Crippen molar-refractivity contribution in [2.24, 2.45) is 5.92 Å². The first-order valence-corrected chi connectivity index (χ1v) is 6.16. The number of ether oxygens (including phenoxy) is 1. The summed E-state index contributed by atoms with van der Waals surface area (Å²) in [6.07, 6.45) is 2.78. The molecule has 1 heterocycles. The fourth-order valence-electron chi connectivity index (χ4n) is 2.10. The zero-order chi connectivity index (χ0) is 12.0. The van der Waals surface area contributed by atoms with Gasteiger partial charge in [-0.25, -0.2) is 0 Å². The van der Waals surface area contributed by atoms with E-state index < -0.39 is 0 Å². The lowest BCUT2D eigenvalue weighted by atomic mass is 9.92. The summed E-state index contributed by atoms with van der Waals surface area (Å²) in [6, 6.07) is 0.663. The summed E-state index contributed by atoms with van der Waals surface area (Å²) in [7, 11) is 1.68. The molecule has 1 amide bonds. The van der Waals surface area contributed by atoms with Gasteiger partial charge in [-0.2, -0.15) is 0 Å².